The van der Waals surface area contributed by atoms with Gasteiger partial charge in [-0.15, -0.1) is 0 Å². The van der Waals surface area contributed by atoms with E-state index in [0.717, 1.165) is 32.1 Å². The van der Waals surface area contributed by atoms with Gasteiger partial charge in [0.05, 0.1) is 28.7 Å². The van der Waals surface area contributed by atoms with E-state index in [1.807, 2.05) is 66.7 Å². The van der Waals surface area contributed by atoms with Crippen molar-refractivity contribution in [3.8, 4) is 0 Å². The van der Waals surface area contributed by atoms with Crippen LogP contribution in [0.1, 0.15) is 21.7 Å². The highest BCUT2D eigenvalue weighted by Crippen LogP contribution is 2.33. The average Bonchev–Trinajstić information content (AvgIpc) is 3.26. The molecular weight excluding hydrogens is 432 g/mol. The molecule has 0 atom stereocenters. The Morgan fingerprint density at radius 1 is 0.939 bits per heavy atom. The molecular formula is C25H18N6OS. The van der Waals surface area contributed by atoms with Gasteiger partial charge in [-0.25, -0.2) is 4.98 Å². The lowest BCUT2D eigenvalue weighted by Gasteiger charge is -2.09. The second kappa shape index (κ2) is 9.46. The predicted octanol–water partition coefficient (Wildman–Crippen LogP) is 5.32. The van der Waals surface area contributed by atoms with Crippen LogP contribution in [-0.2, 0) is 0 Å². The molecule has 160 valence electrons. The molecule has 3 heterocycles. The van der Waals surface area contributed by atoms with Gasteiger partial charge in [-0.05, 0) is 54.6 Å². The monoisotopic (exact) mass is 450 g/mol. The van der Waals surface area contributed by atoms with Crippen LogP contribution in [0, 0.1) is 0 Å². The number of hydrogen-bond donors (Lipinski definition) is 2. The van der Waals surface area contributed by atoms with E-state index in [1.165, 1.54) is 24.2 Å². The highest BCUT2D eigenvalue weighted by molar-refractivity contribution is 7.99. The molecule has 2 N–H and O–H groups in total. The quantitative estimate of drug-likeness (QED) is 0.363. The molecule has 0 spiro atoms. The smallest absolute Gasteiger partial charge is 0.258 e. The maximum atomic E-state index is 12.8. The lowest BCUT2D eigenvalue weighted by molar-refractivity contribution is 0.102. The second-order valence-corrected chi connectivity index (χ2v) is 8.16. The third-order valence-electron chi connectivity index (χ3n) is 4.83. The first kappa shape index (κ1) is 20.6. The van der Waals surface area contributed by atoms with Gasteiger partial charge in [0.15, 0.2) is 5.82 Å². The molecule has 33 heavy (non-hydrogen) atoms. The van der Waals surface area contributed by atoms with E-state index in [0.29, 0.717) is 11.4 Å². The minimum Gasteiger partial charge on any atom is -0.305 e. The number of aromatic nitrogens is 5. The molecule has 0 unspecified atom stereocenters. The summed E-state index contributed by atoms with van der Waals surface area (Å²) < 4.78 is 0. The highest BCUT2D eigenvalue weighted by Gasteiger charge is 2.14. The molecule has 0 aliphatic carbocycles. The van der Waals surface area contributed by atoms with Crippen molar-refractivity contribution in [3.05, 3.63) is 102 Å². The van der Waals surface area contributed by atoms with E-state index >= 15 is 0 Å². The van der Waals surface area contributed by atoms with Gasteiger partial charge in [0.1, 0.15) is 0 Å². The van der Waals surface area contributed by atoms with Crippen molar-refractivity contribution in [1.82, 2.24) is 25.1 Å². The Kier molecular flexibility index (Phi) is 5.90. The van der Waals surface area contributed by atoms with Crippen LogP contribution in [-0.4, -0.2) is 31.1 Å². The lowest BCUT2D eigenvalue weighted by atomic mass is 10.2. The summed E-state index contributed by atoms with van der Waals surface area (Å²) in [5, 5.41) is 11.3. The van der Waals surface area contributed by atoms with Crippen LogP contribution in [0.4, 0.5) is 5.82 Å². The first-order valence-corrected chi connectivity index (χ1v) is 11.0. The molecule has 0 saturated carbocycles. The number of nitrogens with zero attached hydrogens (tertiary/aromatic N) is 4. The standard InChI is InChI=1S/C25H18N6OS/c32-25(29-24-16-26-13-14-28-24)20-6-1-2-7-23(20)33-18-9-10-19-21(30-31-22(19)15-18)11-8-17-5-3-4-12-27-17/h1-16H,(H,30,31)(H,28,29,32)/b11-8+. The fourth-order valence-corrected chi connectivity index (χ4v) is 4.25. The molecule has 7 nitrogen and oxygen atoms in total. The fraction of sp³-hybridized carbons (Fsp3) is 0. The van der Waals surface area contributed by atoms with Crippen molar-refractivity contribution < 1.29 is 4.79 Å². The summed E-state index contributed by atoms with van der Waals surface area (Å²) in [6, 6.07) is 19.3. The Hall–Kier alpha value is -4.30. The molecule has 8 heteroatoms. The Morgan fingerprint density at radius 3 is 2.70 bits per heavy atom. The third kappa shape index (κ3) is 4.81. The minimum atomic E-state index is -0.233. The molecule has 0 aliphatic heterocycles. The number of hydrogen-bond acceptors (Lipinski definition) is 6. The maximum absolute atomic E-state index is 12.8. The van der Waals surface area contributed by atoms with Crippen molar-refractivity contribution in [2.75, 3.05) is 5.32 Å². The van der Waals surface area contributed by atoms with Crippen molar-refractivity contribution in [2.24, 2.45) is 0 Å². The minimum absolute atomic E-state index is 0.233. The van der Waals surface area contributed by atoms with E-state index in [1.54, 1.807) is 18.5 Å². The zero-order valence-corrected chi connectivity index (χ0v) is 18.2. The predicted molar refractivity (Wildman–Crippen MR) is 130 cm³/mol. The largest absolute Gasteiger partial charge is 0.305 e. The van der Waals surface area contributed by atoms with Crippen LogP contribution < -0.4 is 5.32 Å². The van der Waals surface area contributed by atoms with Crippen molar-refractivity contribution in [2.45, 2.75) is 9.79 Å². The van der Waals surface area contributed by atoms with Gasteiger partial charge in [0.25, 0.3) is 5.91 Å². The fourth-order valence-electron chi connectivity index (χ4n) is 3.27. The van der Waals surface area contributed by atoms with Gasteiger partial charge in [-0.2, -0.15) is 5.10 Å². The van der Waals surface area contributed by atoms with Crippen molar-refractivity contribution >= 4 is 46.5 Å². The van der Waals surface area contributed by atoms with Crippen LogP contribution in [0.15, 0.2) is 95.2 Å². The van der Waals surface area contributed by atoms with Gasteiger partial charge < -0.3 is 5.32 Å². The van der Waals surface area contributed by atoms with Crippen molar-refractivity contribution in [1.29, 1.82) is 0 Å². The third-order valence-corrected chi connectivity index (χ3v) is 5.89. The van der Waals surface area contributed by atoms with E-state index in [9.17, 15) is 4.79 Å². The van der Waals surface area contributed by atoms with E-state index in [-0.39, 0.29) is 5.91 Å². The van der Waals surface area contributed by atoms with Crippen LogP contribution >= 0.6 is 11.8 Å². The molecule has 3 aromatic heterocycles. The summed E-state index contributed by atoms with van der Waals surface area (Å²) in [6.45, 7) is 0. The molecule has 1 amide bonds. The first-order chi connectivity index (χ1) is 16.3. The van der Waals surface area contributed by atoms with E-state index in [4.69, 9.17) is 0 Å². The van der Waals surface area contributed by atoms with Gasteiger partial charge in [0, 0.05) is 33.8 Å². The molecule has 0 fully saturated rings. The van der Waals surface area contributed by atoms with E-state index in [2.05, 4.69) is 30.5 Å². The Morgan fingerprint density at radius 2 is 1.85 bits per heavy atom. The van der Waals surface area contributed by atoms with Gasteiger partial charge >= 0.3 is 0 Å². The molecule has 0 radical (unpaired) electrons. The Bertz CT molecular complexity index is 1430. The highest BCUT2D eigenvalue weighted by atomic mass is 32.2. The number of amides is 1. The normalized spacial score (nSPS) is 11.2. The molecule has 5 rings (SSSR count). The molecule has 2 aromatic carbocycles. The number of pyridine rings is 1. The second-order valence-electron chi connectivity index (χ2n) is 7.05. The van der Waals surface area contributed by atoms with Crippen LogP contribution in [0.5, 0.6) is 0 Å². The van der Waals surface area contributed by atoms with Crippen LogP contribution in [0.2, 0.25) is 0 Å². The zero-order valence-electron chi connectivity index (χ0n) is 17.3. The SMILES string of the molecule is O=C(Nc1cnccn1)c1ccccc1Sc1ccc2c(/C=C/c3ccccn3)n[nH]c2c1. The number of anilines is 1. The lowest BCUT2D eigenvalue weighted by Crippen LogP contribution is -2.14. The van der Waals surface area contributed by atoms with Crippen molar-refractivity contribution in [3.63, 3.8) is 0 Å². The van der Waals surface area contributed by atoms with E-state index < -0.39 is 0 Å². The van der Waals surface area contributed by atoms with Gasteiger partial charge in [-0.3, -0.25) is 19.9 Å². The van der Waals surface area contributed by atoms with Crippen LogP contribution in [0.3, 0.4) is 0 Å². The average molecular weight is 451 g/mol. The molecule has 0 saturated heterocycles. The number of fused-ring (bicyclic) bond motifs is 1. The molecule has 0 bridgehead atoms. The summed E-state index contributed by atoms with van der Waals surface area (Å²) in [6.07, 6.45) is 10.3. The number of nitrogens with one attached hydrogen (secondary N) is 2. The molecule has 5 aromatic rings. The summed E-state index contributed by atoms with van der Waals surface area (Å²) in [5.74, 6) is 0.177. The Labute approximate surface area is 194 Å². The number of aromatic amines is 1. The van der Waals surface area contributed by atoms with Gasteiger partial charge in [0.2, 0.25) is 0 Å². The first-order valence-electron chi connectivity index (χ1n) is 10.2. The number of carbonyl (C=O) groups is 1. The summed E-state index contributed by atoms with van der Waals surface area (Å²) in [4.78, 5) is 27.0. The van der Waals surface area contributed by atoms with Gasteiger partial charge in [-0.1, -0.05) is 30.0 Å². The number of rotatable bonds is 6. The number of carbonyl (C=O) groups excluding carboxylic acids is 1. The summed E-state index contributed by atoms with van der Waals surface area (Å²) in [7, 11) is 0. The number of benzene rings is 2. The molecule has 0 aliphatic rings. The zero-order chi connectivity index (χ0) is 22.5. The Balaban J connectivity index is 1.37. The number of H-pyrrole nitrogens is 1. The summed E-state index contributed by atoms with van der Waals surface area (Å²) >= 11 is 1.51. The maximum Gasteiger partial charge on any atom is 0.258 e. The summed E-state index contributed by atoms with van der Waals surface area (Å²) in [5.41, 5.74) is 3.20. The van der Waals surface area contributed by atoms with Crippen LogP contribution in [0.25, 0.3) is 23.1 Å². The topological polar surface area (TPSA) is 96.5 Å².